The Morgan fingerprint density at radius 3 is 2.55 bits per heavy atom. The van der Waals surface area contributed by atoms with Gasteiger partial charge in [-0.1, -0.05) is 29.8 Å². The van der Waals surface area contributed by atoms with Crippen LogP contribution >= 0.6 is 11.6 Å². The number of sulfone groups is 1. The minimum absolute atomic E-state index is 0.0134. The average molecular weight is 452 g/mol. The van der Waals surface area contributed by atoms with Crippen LogP contribution in [-0.4, -0.2) is 49.2 Å². The van der Waals surface area contributed by atoms with Crippen molar-refractivity contribution < 1.29 is 26.4 Å². The number of alkyl halides is 3. The van der Waals surface area contributed by atoms with Crippen LogP contribution in [0, 0.1) is 11.3 Å². The molecule has 1 fully saturated rings. The Hall–Kier alpha value is -2.07. The van der Waals surface area contributed by atoms with Gasteiger partial charge in [-0.25, -0.2) is 8.42 Å². The fraction of sp³-hybridized carbons (Fsp3) is 0.444. The number of nitrogens with zero attached hydrogens (tertiary/aromatic N) is 1. The van der Waals surface area contributed by atoms with Crippen molar-refractivity contribution in [3.8, 4) is 0 Å². The summed E-state index contributed by atoms with van der Waals surface area (Å²) in [4.78, 5) is 13.8. The summed E-state index contributed by atoms with van der Waals surface area (Å²) in [6.07, 6.45) is -3.75. The van der Waals surface area contributed by atoms with Gasteiger partial charge < -0.3 is 10.6 Å². The maximum Gasteiger partial charge on any atom is 0.430 e. The third-order valence-electron chi connectivity index (χ3n) is 4.60. The molecule has 2 rings (SSSR count). The lowest BCUT2D eigenvalue weighted by Gasteiger charge is -2.24. The highest BCUT2D eigenvalue weighted by atomic mass is 35.5. The molecule has 1 aromatic carbocycles. The smallest absolute Gasteiger partial charge is 0.395 e. The SMILES string of the molecule is N=C(C=C(N)C(F)(F)F)C(=O)N(CCC1CCS(=O)(=O)C1)Cc1ccccc1Cl. The molecule has 11 heteroatoms. The van der Waals surface area contributed by atoms with Crippen LogP contribution in [0.3, 0.4) is 0 Å². The van der Waals surface area contributed by atoms with E-state index in [-0.39, 0.29) is 36.6 Å². The van der Waals surface area contributed by atoms with E-state index in [2.05, 4.69) is 0 Å². The minimum atomic E-state index is -4.85. The van der Waals surface area contributed by atoms with Crippen LogP contribution < -0.4 is 5.73 Å². The molecule has 160 valence electrons. The highest BCUT2D eigenvalue weighted by Gasteiger charge is 2.33. The first-order chi connectivity index (χ1) is 13.4. The molecule has 1 heterocycles. The number of allylic oxidation sites excluding steroid dienone is 1. The Morgan fingerprint density at radius 2 is 2.00 bits per heavy atom. The lowest BCUT2D eigenvalue weighted by atomic mass is 10.0. The standard InChI is InChI=1S/C18H21ClF3N3O3S/c19-14-4-2-1-3-13(14)10-25(7-5-12-6-8-29(27,28)11-12)17(26)15(23)9-16(24)18(20,21)22/h1-4,9,12,23H,5-8,10-11,24H2. The summed E-state index contributed by atoms with van der Waals surface area (Å²) in [6, 6.07) is 6.65. The highest BCUT2D eigenvalue weighted by Crippen LogP contribution is 2.24. The molecule has 1 amide bonds. The zero-order chi connectivity index (χ0) is 21.8. The van der Waals surface area contributed by atoms with Crippen LogP contribution in [0.4, 0.5) is 13.2 Å². The van der Waals surface area contributed by atoms with Gasteiger partial charge in [-0.2, -0.15) is 13.2 Å². The van der Waals surface area contributed by atoms with Gasteiger partial charge in [-0.15, -0.1) is 0 Å². The van der Waals surface area contributed by atoms with Crippen molar-refractivity contribution in [2.45, 2.75) is 25.6 Å². The van der Waals surface area contributed by atoms with Crippen LogP contribution in [-0.2, 0) is 21.2 Å². The van der Waals surface area contributed by atoms with Crippen LogP contribution in [0.2, 0.25) is 5.02 Å². The maximum absolute atomic E-state index is 12.6. The van der Waals surface area contributed by atoms with E-state index in [4.69, 9.17) is 22.7 Å². The molecule has 1 aromatic rings. The average Bonchev–Trinajstić information content (AvgIpc) is 2.97. The van der Waals surface area contributed by atoms with E-state index < -0.39 is 33.3 Å². The monoisotopic (exact) mass is 451 g/mol. The Kier molecular flexibility index (Phi) is 7.34. The summed E-state index contributed by atoms with van der Waals surface area (Å²) in [5.74, 6) is -1.000. The first-order valence-corrected chi connectivity index (χ1v) is 10.9. The van der Waals surface area contributed by atoms with Gasteiger partial charge in [0.05, 0.1) is 11.5 Å². The number of carbonyl (C=O) groups excluding carboxylic acids is 1. The lowest BCUT2D eigenvalue weighted by molar-refractivity contribution is -0.124. The predicted octanol–water partition coefficient (Wildman–Crippen LogP) is 2.92. The molecule has 0 aliphatic carbocycles. The van der Waals surface area contributed by atoms with Crippen LogP contribution in [0.15, 0.2) is 36.0 Å². The normalized spacial score (nSPS) is 19.2. The number of halogens is 4. The van der Waals surface area contributed by atoms with Gasteiger partial charge in [0, 0.05) is 18.1 Å². The molecule has 0 radical (unpaired) electrons. The quantitative estimate of drug-likeness (QED) is 0.622. The molecule has 1 unspecified atom stereocenters. The number of nitrogens with two attached hydrogens (primary N) is 1. The van der Waals surface area contributed by atoms with E-state index in [1.807, 2.05) is 0 Å². The Morgan fingerprint density at radius 1 is 1.34 bits per heavy atom. The lowest BCUT2D eigenvalue weighted by Crippen LogP contribution is -2.37. The van der Waals surface area contributed by atoms with Crippen molar-refractivity contribution in [2.24, 2.45) is 11.7 Å². The van der Waals surface area contributed by atoms with Gasteiger partial charge in [0.15, 0.2) is 9.84 Å². The van der Waals surface area contributed by atoms with Crippen LogP contribution in [0.25, 0.3) is 0 Å². The minimum Gasteiger partial charge on any atom is -0.395 e. The van der Waals surface area contributed by atoms with Crippen molar-refractivity contribution in [1.29, 1.82) is 5.41 Å². The van der Waals surface area contributed by atoms with E-state index >= 15 is 0 Å². The first kappa shape index (κ1) is 23.2. The third kappa shape index (κ3) is 6.74. The Bertz CT molecular complexity index is 916. The number of nitrogens with one attached hydrogen (secondary N) is 1. The second kappa shape index (κ2) is 9.17. The molecule has 0 spiro atoms. The molecule has 0 bridgehead atoms. The molecule has 6 nitrogen and oxygen atoms in total. The van der Waals surface area contributed by atoms with Gasteiger partial charge in [-0.05, 0) is 36.5 Å². The van der Waals surface area contributed by atoms with Crippen molar-refractivity contribution in [2.75, 3.05) is 18.1 Å². The maximum atomic E-state index is 12.6. The second-order valence-electron chi connectivity index (χ2n) is 6.89. The summed E-state index contributed by atoms with van der Waals surface area (Å²) in [5, 5.41) is 8.10. The summed E-state index contributed by atoms with van der Waals surface area (Å²) >= 11 is 6.11. The largest absolute Gasteiger partial charge is 0.430 e. The molecule has 1 atom stereocenters. The van der Waals surface area contributed by atoms with Gasteiger partial charge >= 0.3 is 6.18 Å². The van der Waals surface area contributed by atoms with Crippen molar-refractivity contribution >= 4 is 33.1 Å². The number of benzene rings is 1. The molecular weight excluding hydrogens is 431 g/mol. The summed E-state index contributed by atoms with van der Waals surface area (Å²) in [7, 11) is -3.10. The number of hydrogen-bond acceptors (Lipinski definition) is 5. The van der Waals surface area contributed by atoms with Crippen molar-refractivity contribution in [1.82, 2.24) is 4.90 Å². The van der Waals surface area contributed by atoms with Crippen LogP contribution in [0.1, 0.15) is 18.4 Å². The van der Waals surface area contributed by atoms with E-state index in [1.54, 1.807) is 24.3 Å². The van der Waals surface area contributed by atoms with Crippen molar-refractivity contribution in [3.63, 3.8) is 0 Å². The number of carbonyl (C=O) groups is 1. The Balaban J connectivity index is 2.18. The van der Waals surface area contributed by atoms with Gasteiger partial charge in [0.25, 0.3) is 5.91 Å². The topological polar surface area (TPSA) is 104 Å². The van der Waals surface area contributed by atoms with E-state index in [0.717, 1.165) is 0 Å². The molecular formula is C18H21ClF3N3O3S. The van der Waals surface area contributed by atoms with E-state index in [1.165, 1.54) is 4.90 Å². The predicted molar refractivity (Wildman–Crippen MR) is 104 cm³/mol. The second-order valence-corrected chi connectivity index (χ2v) is 9.52. The Labute approximate surface area is 171 Å². The van der Waals surface area contributed by atoms with E-state index in [9.17, 15) is 26.4 Å². The number of hydrogen-bond donors (Lipinski definition) is 2. The van der Waals surface area contributed by atoms with Crippen LogP contribution in [0.5, 0.6) is 0 Å². The summed E-state index contributed by atoms with van der Waals surface area (Å²) in [6.45, 7) is 0.0481. The summed E-state index contributed by atoms with van der Waals surface area (Å²) < 4.78 is 61.1. The van der Waals surface area contributed by atoms with E-state index in [0.29, 0.717) is 23.4 Å². The van der Waals surface area contributed by atoms with Gasteiger partial charge in [-0.3, -0.25) is 10.2 Å². The molecule has 29 heavy (non-hydrogen) atoms. The molecule has 1 aliphatic heterocycles. The fourth-order valence-corrected chi connectivity index (χ4v) is 5.10. The highest BCUT2D eigenvalue weighted by molar-refractivity contribution is 7.91. The first-order valence-electron chi connectivity index (χ1n) is 8.75. The molecule has 0 aromatic heterocycles. The number of amides is 1. The fourth-order valence-electron chi connectivity index (χ4n) is 2.99. The van der Waals surface area contributed by atoms with Gasteiger partial charge in [0.2, 0.25) is 0 Å². The van der Waals surface area contributed by atoms with Crippen molar-refractivity contribution in [3.05, 3.63) is 46.6 Å². The zero-order valence-electron chi connectivity index (χ0n) is 15.4. The zero-order valence-corrected chi connectivity index (χ0v) is 16.9. The molecule has 1 saturated heterocycles. The molecule has 3 N–H and O–H groups in total. The van der Waals surface area contributed by atoms with Gasteiger partial charge in [0.1, 0.15) is 11.4 Å². The third-order valence-corrected chi connectivity index (χ3v) is 6.80. The molecule has 1 aliphatic rings. The number of rotatable bonds is 7. The summed E-state index contributed by atoms with van der Waals surface area (Å²) in [5.41, 5.74) is 3.01. The molecule has 0 saturated carbocycles.